The molecule has 0 radical (unpaired) electrons. The average molecular weight is 835 g/mol. The van der Waals surface area contributed by atoms with Crippen LogP contribution in [0.5, 0.6) is 0 Å². The first-order valence-electron chi connectivity index (χ1n) is 26.3. The number of hydrogen-bond acceptors (Lipinski definition) is 6. The van der Waals surface area contributed by atoms with E-state index in [0.29, 0.717) is 19.3 Å². The normalized spacial score (nSPS) is 13.0. The third-order valence-corrected chi connectivity index (χ3v) is 12.7. The van der Waals surface area contributed by atoms with Gasteiger partial charge in [-0.1, -0.05) is 253 Å². The van der Waals surface area contributed by atoms with Crippen molar-refractivity contribution >= 4 is 17.9 Å². The van der Waals surface area contributed by atoms with Crippen molar-refractivity contribution in [3.05, 3.63) is 0 Å². The number of carbonyl (C=O) groups is 3. The number of esters is 3. The minimum Gasteiger partial charge on any atom is -0.462 e. The molecule has 0 aromatic heterocycles. The summed E-state index contributed by atoms with van der Waals surface area (Å²) in [4.78, 5) is 37.9. The van der Waals surface area contributed by atoms with Crippen LogP contribution in [0.1, 0.15) is 291 Å². The Morgan fingerprint density at radius 1 is 0.339 bits per heavy atom. The Kier molecular flexibility index (Phi) is 44.7. The predicted molar refractivity (Wildman–Crippen MR) is 252 cm³/mol. The van der Waals surface area contributed by atoms with Gasteiger partial charge in [-0.2, -0.15) is 0 Å². The van der Waals surface area contributed by atoms with Gasteiger partial charge in [-0.15, -0.1) is 0 Å². The van der Waals surface area contributed by atoms with Gasteiger partial charge >= 0.3 is 17.9 Å². The molecule has 350 valence electrons. The minimum atomic E-state index is -0.762. The largest absolute Gasteiger partial charge is 0.462 e. The van der Waals surface area contributed by atoms with Crippen molar-refractivity contribution in [3.8, 4) is 0 Å². The smallest absolute Gasteiger partial charge is 0.306 e. The fraction of sp³-hybridized carbons (Fsp3) is 0.943. The lowest BCUT2D eigenvalue weighted by atomic mass is 9.99. The molecule has 0 fully saturated rings. The molecular formula is C53H102O6. The van der Waals surface area contributed by atoms with E-state index in [-0.39, 0.29) is 31.1 Å². The summed E-state index contributed by atoms with van der Waals surface area (Å²) in [6.07, 6.45) is 46.6. The van der Waals surface area contributed by atoms with Gasteiger partial charge in [0.2, 0.25) is 0 Å². The van der Waals surface area contributed by atoms with Gasteiger partial charge in [0.1, 0.15) is 13.2 Å². The van der Waals surface area contributed by atoms with Crippen LogP contribution in [-0.2, 0) is 28.6 Å². The zero-order valence-electron chi connectivity index (χ0n) is 40.4. The van der Waals surface area contributed by atoms with Gasteiger partial charge in [0.15, 0.2) is 6.10 Å². The number of ether oxygens (including phenoxy) is 3. The highest BCUT2D eigenvalue weighted by molar-refractivity contribution is 5.71. The van der Waals surface area contributed by atoms with Gasteiger partial charge in [-0.05, 0) is 31.1 Å². The van der Waals surface area contributed by atoms with Gasteiger partial charge in [0.25, 0.3) is 0 Å². The maximum absolute atomic E-state index is 12.7. The Morgan fingerprint density at radius 3 is 0.881 bits per heavy atom. The van der Waals surface area contributed by atoms with E-state index in [1.807, 2.05) is 0 Å². The molecule has 0 amide bonds. The first-order valence-corrected chi connectivity index (χ1v) is 26.3. The third-order valence-electron chi connectivity index (χ3n) is 12.7. The molecule has 0 N–H and O–H groups in total. The van der Waals surface area contributed by atoms with Crippen LogP contribution in [0.25, 0.3) is 0 Å². The topological polar surface area (TPSA) is 78.9 Å². The lowest BCUT2D eigenvalue weighted by molar-refractivity contribution is -0.167. The molecule has 3 atom stereocenters. The third kappa shape index (κ3) is 44.3. The molecular weight excluding hydrogens is 733 g/mol. The Hall–Kier alpha value is -1.59. The van der Waals surface area contributed by atoms with Crippen molar-refractivity contribution in [1.29, 1.82) is 0 Å². The SMILES string of the molecule is CCCCCCCCCCCCCCCCCCCC(=O)OC[C@H](COC(=O)CCCCCCCCCCCCC(C)CC)OC(=O)CCCCCCCCC(C)CC. The van der Waals surface area contributed by atoms with E-state index in [0.717, 1.165) is 69.6 Å². The van der Waals surface area contributed by atoms with Gasteiger partial charge in [-0.3, -0.25) is 14.4 Å². The quantitative estimate of drug-likeness (QED) is 0.0345. The Balaban J connectivity index is 4.27. The first-order chi connectivity index (χ1) is 28.8. The Bertz CT molecular complexity index is 904. The fourth-order valence-corrected chi connectivity index (χ4v) is 7.93. The van der Waals surface area contributed by atoms with E-state index in [4.69, 9.17) is 14.2 Å². The molecule has 0 aliphatic carbocycles. The summed E-state index contributed by atoms with van der Waals surface area (Å²) in [5, 5.41) is 0. The Morgan fingerprint density at radius 2 is 0.593 bits per heavy atom. The van der Waals surface area contributed by atoms with Crippen molar-refractivity contribution in [2.75, 3.05) is 13.2 Å². The van der Waals surface area contributed by atoms with E-state index in [2.05, 4.69) is 34.6 Å². The number of rotatable bonds is 47. The highest BCUT2D eigenvalue weighted by Crippen LogP contribution is 2.18. The second-order valence-corrected chi connectivity index (χ2v) is 18.6. The summed E-state index contributed by atoms with van der Waals surface area (Å²) in [6, 6.07) is 0. The van der Waals surface area contributed by atoms with Crippen LogP contribution in [-0.4, -0.2) is 37.2 Å². The highest BCUT2D eigenvalue weighted by atomic mass is 16.6. The van der Waals surface area contributed by atoms with E-state index < -0.39 is 6.10 Å². The lowest BCUT2D eigenvalue weighted by Gasteiger charge is -2.18. The van der Waals surface area contributed by atoms with Crippen LogP contribution in [0.15, 0.2) is 0 Å². The first kappa shape index (κ1) is 57.4. The monoisotopic (exact) mass is 835 g/mol. The molecule has 0 aromatic rings. The van der Waals surface area contributed by atoms with Gasteiger partial charge in [0, 0.05) is 19.3 Å². The van der Waals surface area contributed by atoms with Crippen molar-refractivity contribution in [1.82, 2.24) is 0 Å². The summed E-state index contributed by atoms with van der Waals surface area (Å²) in [5.41, 5.74) is 0. The van der Waals surface area contributed by atoms with Crippen molar-refractivity contribution < 1.29 is 28.6 Å². The molecule has 59 heavy (non-hydrogen) atoms. The summed E-state index contributed by atoms with van der Waals surface area (Å²) in [5.74, 6) is 0.828. The molecule has 0 saturated heterocycles. The average Bonchev–Trinajstić information content (AvgIpc) is 3.23. The van der Waals surface area contributed by atoms with Crippen LogP contribution in [0.3, 0.4) is 0 Å². The van der Waals surface area contributed by atoms with E-state index in [9.17, 15) is 14.4 Å². The van der Waals surface area contributed by atoms with Crippen LogP contribution in [0.4, 0.5) is 0 Å². The zero-order valence-corrected chi connectivity index (χ0v) is 40.4. The molecule has 0 saturated carbocycles. The second kappa shape index (κ2) is 45.9. The number of hydrogen-bond donors (Lipinski definition) is 0. The molecule has 6 nitrogen and oxygen atoms in total. The molecule has 0 aliphatic rings. The molecule has 0 spiro atoms. The summed E-state index contributed by atoms with van der Waals surface area (Å²) >= 11 is 0. The molecule has 6 heteroatoms. The molecule has 0 rings (SSSR count). The van der Waals surface area contributed by atoms with E-state index in [1.165, 1.54) is 180 Å². The van der Waals surface area contributed by atoms with Crippen LogP contribution in [0, 0.1) is 11.8 Å². The molecule has 0 bridgehead atoms. The summed E-state index contributed by atoms with van der Waals surface area (Å²) in [7, 11) is 0. The fourth-order valence-electron chi connectivity index (χ4n) is 7.93. The van der Waals surface area contributed by atoms with E-state index >= 15 is 0 Å². The molecule has 0 aromatic carbocycles. The molecule has 0 heterocycles. The van der Waals surface area contributed by atoms with Crippen molar-refractivity contribution in [3.63, 3.8) is 0 Å². The van der Waals surface area contributed by atoms with Crippen molar-refractivity contribution in [2.45, 2.75) is 298 Å². The van der Waals surface area contributed by atoms with Crippen LogP contribution in [0.2, 0.25) is 0 Å². The van der Waals surface area contributed by atoms with E-state index in [1.54, 1.807) is 0 Å². The van der Waals surface area contributed by atoms with Gasteiger partial charge in [-0.25, -0.2) is 0 Å². The summed E-state index contributed by atoms with van der Waals surface area (Å²) in [6.45, 7) is 11.4. The highest BCUT2D eigenvalue weighted by Gasteiger charge is 2.19. The van der Waals surface area contributed by atoms with Gasteiger partial charge < -0.3 is 14.2 Å². The lowest BCUT2D eigenvalue weighted by Crippen LogP contribution is -2.30. The van der Waals surface area contributed by atoms with Crippen LogP contribution >= 0.6 is 0 Å². The maximum atomic E-state index is 12.7. The molecule has 0 aliphatic heterocycles. The number of carbonyl (C=O) groups excluding carboxylic acids is 3. The standard InChI is InChI=1S/C53H102O6/c1-6-9-10-11-12-13-14-15-16-17-18-19-20-24-27-33-38-43-51(54)57-46-50(59-53(56)45-40-35-30-29-32-37-42-49(5)8-3)47-58-52(55)44-39-34-28-25-22-21-23-26-31-36-41-48(4)7-2/h48-50H,6-47H2,1-5H3/t48?,49?,50-/m1/s1. The molecule has 2 unspecified atom stereocenters. The second-order valence-electron chi connectivity index (χ2n) is 18.6. The van der Waals surface area contributed by atoms with Gasteiger partial charge in [0.05, 0.1) is 0 Å². The summed E-state index contributed by atoms with van der Waals surface area (Å²) < 4.78 is 16.8. The minimum absolute atomic E-state index is 0.0646. The zero-order chi connectivity index (χ0) is 43.3. The van der Waals surface area contributed by atoms with Crippen LogP contribution < -0.4 is 0 Å². The van der Waals surface area contributed by atoms with Crippen molar-refractivity contribution in [2.24, 2.45) is 11.8 Å². The maximum Gasteiger partial charge on any atom is 0.306 e. The Labute approximate surface area is 368 Å². The predicted octanol–water partition coefficient (Wildman–Crippen LogP) is 16.9. The number of unbranched alkanes of at least 4 members (excludes halogenated alkanes) is 30.